The SMILES string of the molecule is COc1cc2c(cc1-c1ccn(C)n1)-c1c(c(C(=O)C3N(C#N)CCNC3(C)C)nn1-c1ccsc1)CO2. The number of hydrogen-bond donors (Lipinski definition) is 1. The number of fused-ring (bicyclic) bond motifs is 3. The van der Waals surface area contributed by atoms with Gasteiger partial charge in [-0.05, 0) is 37.4 Å². The number of nitrogens with zero attached hydrogens (tertiary/aromatic N) is 6. The van der Waals surface area contributed by atoms with Crippen molar-refractivity contribution in [2.75, 3.05) is 20.2 Å². The molecule has 5 heterocycles. The number of rotatable bonds is 5. The van der Waals surface area contributed by atoms with Gasteiger partial charge in [0.2, 0.25) is 5.78 Å². The number of piperazine rings is 1. The quantitative estimate of drug-likeness (QED) is 0.308. The molecule has 1 N–H and O–H groups in total. The number of carbonyl (C=O) groups excluding carboxylic acids is 1. The van der Waals surface area contributed by atoms with E-state index in [-0.39, 0.29) is 12.4 Å². The lowest BCUT2D eigenvalue weighted by Gasteiger charge is -2.43. The van der Waals surface area contributed by atoms with Crippen LogP contribution in [0.2, 0.25) is 0 Å². The monoisotopic (exact) mass is 529 g/mol. The molecule has 0 saturated carbocycles. The van der Waals surface area contributed by atoms with Gasteiger partial charge in [-0.15, -0.1) is 0 Å². The van der Waals surface area contributed by atoms with E-state index in [0.717, 1.165) is 28.2 Å². The number of Topliss-reactive ketones (excluding diaryl/α,β-unsaturated/α-hetero) is 1. The van der Waals surface area contributed by atoms with Crippen LogP contribution in [0.3, 0.4) is 0 Å². The Balaban J connectivity index is 1.56. The highest BCUT2D eigenvalue weighted by atomic mass is 32.1. The highest BCUT2D eigenvalue weighted by Gasteiger charge is 2.45. The van der Waals surface area contributed by atoms with Crippen LogP contribution in [0.1, 0.15) is 29.9 Å². The average molecular weight is 530 g/mol. The lowest BCUT2D eigenvalue weighted by atomic mass is 9.85. The Morgan fingerprint density at radius 1 is 1.29 bits per heavy atom. The van der Waals surface area contributed by atoms with Crippen molar-refractivity contribution in [2.45, 2.75) is 32.0 Å². The van der Waals surface area contributed by atoms with Crippen molar-refractivity contribution in [2.24, 2.45) is 7.05 Å². The average Bonchev–Trinajstić information content (AvgIpc) is 3.66. The minimum Gasteiger partial charge on any atom is -0.496 e. The molecule has 0 spiro atoms. The number of methoxy groups -OCH3 is 1. The number of carbonyl (C=O) groups is 1. The van der Waals surface area contributed by atoms with Crippen molar-refractivity contribution in [1.82, 2.24) is 29.8 Å². The summed E-state index contributed by atoms with van der Waals surface area (Å²) in [4.78, 5) is 15.7. The molecule has 3 aromatic heterocycles. The number of aryl methyl sites for hydroxylation is 1. The second kappa shape index (κ2) is 9.01. The number of benzene rings is 1. The molecule has 4 aromatic rings. The maximum atomic E-state index is 14.1. The highest BCUT2D eigenvalue weighted by molar-refractivity contribution is 7.08. The summed E-state index contributed by atoms with van der Waals surface area (Å²) in [7, 11) is 3.49. The second-order valence-electron chi connectivity index (χ2n) is 9.99. The summed E-state index contributed by atoms with van der Waals surface area (Å²) in [6.45, 7) is 5.14. The minimum atomic E-state index is -0.697. The summed E-state index contributed by atoms with van der Waals surface area (Å²) in [5.41, 5.74) is 4.41. The molecule has 194 valence electrons. The highest BCUT2D eigenvalue weighted by Crippen LogP contribution is 2.46. The molecular formula is C27H27N7O3S. The van der Waals surface area contributed by atoms with E-state index in [4.69, 9.17) is 14.6 Å². The Kier molecular flexibility index (Phi) is 5.74. The van der Waals surface area contributed by atoms with E-state index < -0.39 is 11.6 Å². The topological polar surface area (TPSA) is 110 Å². The van der Waals surface area contributed by atoms with Gasteiger partial charge >= 0.3 is 0 Å². The molecule has 0 radical (unpaired) electrons. The molecule has 1 fully saturated rings. The number of ether oxygens (including phenoxy) is 2. The summed E-state index contributed by atoms with van der Waals surface area (Å²) < 4.78 is 15.4. The summed E-state index contributed by atoms with van der Waals surface area (Å²) in [6.07, 6.45) is 4.09. The first kappa shape index (κ1) is 24.2. The van der Waals surface area contributed by atoms with Crippen LogP contribution in [0, 0.1) is 11.5 Å². The van der Waals surface area contributed by atoms with Crippen LogP contribution in [0.25, 0.3) is 28.2 Å². The molecule has 0 amide bonds. The first-order chi connectivity index (χ1) is 18.3. The number of aromatic nitrogens is 4. The van der Waals surface area contributed by atoms with Gasteiger partial charge < -0.3 is 14.8 Å². The van der Waals surface area contributed by atoms with Crippen LogP contribution >= 0.6 is 11.3 Å². The Morgan fingerprint density at radius 3 is 2.82 bits per heavy atom. The molecule has 2 aliphatic rings. The maximum absolute atomic E-state index is 14.1. The van der Waals surface area contributed by atoms with Crippen molar-refractivity contribution in [3.05, 3.63) is 52.5 Å². The van der Waals surface area contributed by atoms with Crippen LogP contribution in [0.5, 0.6) is 11.5 Å². The van der Waals surface area contributed by atoms with Gasteiger partial charge in [-0.1, -0.05) is 0 Å². The van der Waals surface area contributed by atoms with Crippen LogP contribution in [-0.4, -0.2) is 62.0 Å². The van der Waals surface area contributed by atoms with Gasteiger partial charge in [-0.2, -0.15) is 26.8 Å². The van der Waals surface area contributed by atoms with Gasteiger partial charge in [-0.3, -0.25) is 14.4 Å². The third-order valence-electron chi connectivity index (χ3n) is 7.19. The molecule has 1 unspecified atom stereocenters. The summed E-state index contributed by atoms with van der Waals surface area (Å²) >= 11 is 1.55. The standard InChI is InChI=1S/C27H27N7O3S/c1-27(2)26(33(15-28)9-7-29-27)25(35)23-19-13-37-22-12-21(36-4)17(20-5-8-32(3)30-20)11-18(22)24(19)34(31-23)16-6-10-38-14-16/h5-6,8,10-12,14,26,29H,7,9,13H2,1-4H3. The zero-order valence-electron chi connectivity index (χ0n) is 21.6. The number of nitrogens with one attached hydrogen (secondary N) is 1. The van der Waals surface area contributed by atoms with Crippen molar-refractivity contribution >= 4 is 17.1 Å². The minimum absolute atomic E-state index is 0.173. The normalized spacial score (nSPS) is 17.8. The molecular weight excluding hydrogens is 502 g/mol. The second-order valence-corrected chi connectivity index (χ2v) is 10.8. The Hall–Kier alpha value is -4.14. The third kappa shape index (κ3) is 3.76. The van der Waals surface area contributed by atoms with E-state index in [1.165, 1.54) is 0 Å². The van der Waals surface area contributed by atoms with Crippen LogP contribution < -0.4 is 14.8 Å². The number of hydrogen-bond acceptors (Lipinski definition) is 9. The zero-order valence-corrected chi connectivity index (χ0v) is 22.4. The summed E-state index contributed by atoms with van der Waals surface area (Å²) in [6, 6.07) is 7.05. The molecule has 10 nitrogen and oxygen atoms in total. The molecule has 38 heavy (non-hydrogen) atoms. The maximum Gasteiger partial charge on any atom is 0.208 e. The van der Waals surface area contributed by atoms with Gasteiger partial charge in [0, 0.05) is 60.0 Å². The smallest absolute Gasteiger partial charge is 0.208 e. The van der Waals surface area contributed by atoms with E-state index in [2.05, 4.69) is 16.6 Å². The molecule has 1 aromatic carbocycles. The van der Waals surface area contributed by atoms with Crippen molar-refractivity contribution in [3.63, 3.8) is 0 Å². The lowest BCUT2D eigenvalue weighted by Crippen LogP contribution is -2.65. The van der Waals surface area contributed by atoms with Crippen LogP contribution in [0.4, 0.5) is 0 Å². The van der Waals surface area contributed by atoms with Gasteiger partial charge in [0.15, 0.2) is 6.19 Å². The van der Waals surface area contributed by atoms with Gasteiger partial charge in [0.1, 0.15) is 29.8 Å². The van der Waals surface area contributed by atoms with Crippen molar-refractivity contribution < 1.29 is 14.3 Å². The fourth-order valence-electron chi connectivity index (χ4n) is 5.39. The molecule has 6 rings (SSSR count). The van der Waals surface area contributed by atoms with Gasteiger partial charge in [-0.25, -0.2) is 4.68 Å². The van der Waals surface area contributed by atoms with Crippen LogP contribution in [-0.2, 0) is 13.7 Å². The van der Waals surface area contributed by atoms with E-state index in [9.17, 15) is 10.1 Å². The Morgan fingerprint density at radius 2 is 2.13 bits per heavy atom. The largest absolute Gasteiger partial charge is 0.496 e. The Labute approximate surface area is 224 Å². The molecule has 11 heteroatoms. The fraction of sp³-hybridized carbons (Fsp3) is 0.333. The predicted molar refractivity (Wildman–Crippen MR) is 142 cm³/mol. The molecule has 1 saturated heterocycles. The fourth-order valence-corrected chi connectivity index (χ4v) is 6.00. The molecule has 0 aliphatic carbocycles. The zero-order chi connectivity index (χ0) is 26.6. The van der Waals surface area contributed by atoms with Crippen LogP contribution in [0.15, 0.2) is 41.2 Å². The number of ketones is 1. The van der Waals surface area contributed by atoms with Crippen molar-refractivity contribution in [1.29, 1.82) is 5.26 Å². The third-order valence-corrected chi connectivity index (χ3v) is 7.86. The molecule has 1 atom stereocenters. The van der Waals surface area contributed by atoms with E-state index >= 15 is 0 Å². The Bertz CT molecular complexity index is 1580. The first-order valence-electron chi connectivity index (χ1n) is 12.3. The summed E-state index contributed by atoms with van der Waals surface area (Å²) in [5, 5.41) is 26.6. The first-order valence-corrected chi connectivity index (χ1v) is 13.2. The lowest BCUT2D eigenvalue weighted by molar-refractivity contribution is 0.0680. The molecule has 0 bridgehead atoms. The van der Waals surface area contributed by atoms with E-state index in [1.807, 2.05) is 66.8 Å². The number of nitriles is 1. The van der Waals surface area contributed by atoms with E-state index in [0.29, 0.717) is 35.8 Å². The van der Waals surface area contributed by atoms with E-state index in [1.54, 1.807) is 28.0 Å². The summed E-state index contributed by atoms with van der Waals surface area (Å²) in [5.74, 6) is 1.07. The van der Waals surface area contributed by atoms with Gasteiger partial charge in [0.05, 0.1) is 24.2 Å². The molecule has 2 aliphatic heterocycles. The number of thiophene rings is 1. The van der Waals surface area contributed by atoms with Gasteiger partial charge in [0.25, 0.3) is 0 Å². The predicted octanol–water partition coefficient (Wildman–Crippen LogP) is 3.62. The van der Waals surface area contributed by atoms with Crippen molar-refractivity contribution in [3.8, 4) is 45.9 Å².